The fraction of sp³-hybridized carbons (Fsp3) is 0.500. The topological polar surface area (TPSA) is 142 Å². The van der Waals surface area contributed by atoms with Crippen molar-refractivity contribution in [1.82, 2.24) is 14.9 Å². The highest BCUT2D eigenvalue weighted by Gasteiger charge is 2.26. The number of rotatable bonds is 16. The van der Waals surface area contributed by atoms with E-state index in [0.29, 0.717) is 41.5 Å². The van der Waals surface area contributed by atoms with E-state index in [4.69, 9.17) is 23.9 Å². The third kappa shape index (κ3) is 12.4. The molecule has 0 aliphatic rings. The smallest absolute Gasteiger partial charge is 0.411 e. The van der Waals surface area contributed by atoms with E-state index in [2.05, 4.69) is 48.7 Å². The number of imidazole rings is 1. The third-order valence-corrected chi connectivity index (χ3v) is 8.09. The second-order valence-corrected chi connectivity index (χ2v) is 18.3. The van der Waals surface area contributed by atoms with Crippen molar-refractivity contribution >= 4 is 37.6 Å². The van der Waals surface area contributed by atoms with E-state index in [-0.39, 0.29) is 13.2 Å². The first-order chi connectivity index (χ1) is 21.1. The van der Waals surface area contributed by atoms with Crippen molar-refractivity contribution in [2.75, 3.05) is 31.5 Å². The van der Waals surface area contributed by atoms with Crippen molar-refractivity contribution in [2.24, 2.45) is 0 Å². The molecule has 0 saturated carbocycles. The van der Waals surface area contributed by atoms with Gasteiger partial charge in [0, 0.05) is 37.8 Å². The molecule has 0 aliphatic carbocycles. The molecular weight excluding hydrogens is 594 g/mol. The Kier molecular flexibility index (Phi) is 13.9. The minimum absolute atomic E-state index is 0.197. The summed E-state index contributed by atoms with van der Waals surface area (Å²) in [5, 5.41) is 8.78. The van der Waals surface area contributed by atoms with Crippen LogP contribution in [-0.2, 0) is 30.5 Å². The predicted molar refractivity (Wildman–Crippen MR) is 179 cm³/mol. The molecule has 3 N–H and O–H groups in total. The number of nitrogens with one attached hydrogen (secondary N) is 3. The van der Waals surface area contributed by atoms with Crippen LogP contribution in [0.3, 0.4) is 0 Å². The maximum absolute atomic E-state index is 12.8. The van der Waals surface area contributed by atoms with Gasteiger partial charge in [-0.1, -0.05) is 31.8 Å². The Morgan fingerprint density at radius 1 is 1.04 bits per heavy atom. The molecule has 0 saturated heterocycles. The fourth-order valence-corrected chi connectivity index (χ4v) is 4.93. The van der Waals surface area contributed by atoms with Crippen LogP contribution in [0.5, 0.6) is 0 Å². The second kappa shape index (κ2) is 16.8. The van der Waals surface area contributed by atoms with Crippen LogP contribution >= 0.6 is 0 Å². The summed E-state index contributed by atoms with van der Waals surface area (Å²) in [4.78, 5) is 42.3. The molecule has 13 heteroatoms. The summed E-state index contributed by atoms with van der Waals surface area (Å²) in [6.07, 6.45) is 4.56. The summed E-state index contributed by atoms with van der Waals surface area (Å²) >= 11 is 0. The highest BCUT2D eigenvalue weighted by Crippen LogP contribution is 2.33. The van der Waals surface area contributed by atoms with Crippen molar-refractivity contribution in [3.05, 3.63) is 55.5 Å². The molecule has 2 unspecified atom stereocenters. The molecule has 1 aromatic heterocycles. The van der Waals surface area contributed by atoms with Gasteiger partial charge < -0.3 is 34.1 Å². The number of anilines is 2. The van der Waals surface area contributed by atoms with E-state index < -0.39 is 43.9 Å². The summed E-state index contributed by atoms with van der Waals surface area (Å²) in [7, 11) is 1.25. The first-order valence-corrected chi connectivity index (χ1v) is 18.5. The van der Waals surface area contributed by atoms with Gasteiger partial charge in [0.05, 0.1) is 26.0 Å². The third-order valence-electron chi connectivity index (χ3n) is 6.38. The number of amides is 2. The average molecular weight is 644 g/mol. The number of alkyl carbamates (subject to hydrolysis) is 1. The molecule has 0 aliphatic heterocycles. The Morgan fingerprint density at radius 2 is 1.73 bits per heavy atom. The van der Waals surface area contributed by atoms with Crippen LogP contribution in [0.2, 0.25) is 25.7 Å². The van der Waals surface area contributed by atoms with Gasteiger partial charge >= 0.3 is 18.2 Å². The molecule has 12 nitrogen and oxygen atoms in total. The van der Waals surface area contributed by atoms with Crippen LogP contribution in [0, 0.1) is 0 Å². The van der Waals surface area contributed by atoms with Crippen molar-refractivity contribution in [1.29, 1.82) is 0 Å². The SMILES string of the molecule is C=CCC(Nc1cc(NC(=O)OC)ccc1-c1cn(COCC[Si](C)(C)C)c(C(CC=C)NC(=O)OC(C)(C)C)n1)C(=O)OC. The zero-order chi connectivity index (χ0) is 33.8. The maximum atomic E-state index is 12.8. The monoisotopic (exact) mass is 643 g/mol. The predicted octanol–water partition coefficient (Wildman–Crippen LogP) is 6.71. The highest BCUT2D eigenvalue weighted by molar-refractivity contribution is 6.76. The quantitative estimate of drug-likeness (QED) is 0.0598. The molecule has 0 radical (unpaired) electrons. The molecule has 1 aromatic carbocycles. The van der Waals surface area contributed by atoms with Crippen molar-refractivity contribution < 1.29 is 33.3 Å². The van der Waals surface area contributed by atoms with Crippen molar-refractivity contribution in [2.45, 2.75) is 83.7 Å². The van der Waals surface area contributed by atoms with Crippen LogP contribution in [0.1, 0.15) is 45.5 Å². The normalized spacial score (nSPS) is 12.8. The summed E-state index contributed by atoms with van der Waals surface area (Å²) < 4.78 is 23.2. The molecule has 0 spiro atoms. The van der Waals surface area contributed by atoms with E-state index in [1.807, 2.05) is 10.8 Å². The zero-order valence-electron chi connectivity index (χ0n) is 27.8. The molecule has 2 rings (SSSR count). The van der Waals surface area contributed by atoms with Gasteiger partial charge in [-0.15, -0.1) is 13.2 Å². The Labute approximate surface area is 267 Å². The minimum atomic E-state index is -1.33. The van der Waals surface area contributed by atoms with Crippen LogP contribution in [0.25, 0.3) is 11.3 Å². The van der Waals surface area contributed by atoms with Crippen LogP contribution in [-0.4, -0.2) is 68.3 Å². The zero-order valence-corrected chi connectivity index (χ0v) is 28.8. The fourth-order valence-electron chi connectivity index (χ4n) is 4.17. The Hall–Kier alpha value is -4.10. The Balaban J connectivity index is 2.64. The lowest BCUT2D eigenvalue weighted by Crippen LogP contribution is -2.36. The first-order valence-electron chi connectivity index (χ1n) is 14.8. The maximum Gasteiger partial charge on any atom is 0.411 e. The number of methoxy groups -OCH3 is 2. The summed E-state index contributed by atoms with van der Waals surface area (Å²) in [5.41, 5.74) is 1.40. The molecule has 2 amide bonds. The number of hydrogen-bond donors (Lipinski definition) is 3. The molecule has 248 valence electrons. The van der Waals surface area contributed by atoms with E-state index in [0.717, 1.165) is 6.04 Å². The minimum Gasteiger partial charge on any atom is -0.467 e. The van der Waals surface area contributed by atoms with Crippen LogP contribution < -0.4 is 16.0 Å². The second-order valence-electron chi connectivity index (χ2n) is 12.6. The van der Waals surface area contributed by atoms with E-state index in [1.165, 1.54) is 14.2 Å². The number of carbonyl (C=O) groups excluding carboxylic acids is 3. The number of nitrogens with zero attached hydrogens (tertiary/aromatic N) is 2. The molecule has 0 bridgehead atoms. The lowest BCUT2D eigenvalue weighted by Gasteiger charge is -2.23. The van der Waals surface area contributed by atoms with Gasteiger partial charge in [0.2, 0.25) is 0 Å². The van der Waals surface area contributed by atoms with E-state index >= 15 is 0 Å². The molecular formula is C32H49N5O7Si. The van der Waals surface area contributed by atoms with Gasteiger partial charge in [0.1, 0.15) is 24.2 Å². The van der Waals surface area contributed by atoms with E-state index in [9.17, 15) is 14.4 Å². The van der Waals surface area contributed by atoms with Gasteiger partial charge in [-0.05, 0) is 57.9 Å². The number of carbonyl (C=O) groups is 3. The molecule has 2 aromatic rings. The summed E-state index contributed by atoms with van der Waals surface area (Å²) in [6, 6.07) is 4.79. The standard InChI is InChI=1S/C32H49N5O7Si/c1-11-13-24(36-31(40)44-32(3,4)5)28-35-27(20-37(28)21-43-17-18-45(8,9)10)23-16-15-22(33-30(39)42-7)19-26(23)34-25(14-12-2)29(38)41-6/h11-12,15-16,19-20,24-25,34H,1-2,13-14,17-18,21H2,3-10H3,(H,33,39)(H,36,40). The summed E-state index contributed by atoms with van der Waals surface area (Å²) in [5.74, 6) is 0.0453. The van der Waals surface area contributed by atoms with Gasteiger partial charge in [-0.2, -0.15) is 0 Å². The Bertz CT molecular complexity index is 1330. The van der Waals surface area contributed by atoms with Crippen LogP contribution in [0.4, 0.5) is 21.0 Å². The van der Waals surface area contributed by atoms with E-state index in [1.54, 1.807) is 51.1 Å². The van der Waals surface area contributed by atoms with Gasteiger partial charge in [0.25, 0.3) is 0 Å². The summed E-state index contributed by atoms with van der Waals surface area (Å²) in [6.45, 7) is 20.6. The van der Waals surface area contributed by atoms with Gasteiger partial charge in [-0.3, -0.25) is 5.32 Å². The largest absolute Gasteiger partial charge is 0.467 e. The number of aromatic nitrogens is 2. The average Bonchev–Trinajstić information content (AvgIpc) is 3.36. The lowest BCUT2D eigenvalue weighted by atomic mass is 10.1. The molecule has 45 heavy (non-hydrogen) atoms. The Morgan fingerprint density at radius 3 is 2.31 bits per heavy atom. The number of benzene rings is 1. The van der Waals surface area contributed by atoms with Crippen molar-refractivity contribution in [3.63, 3.8) is 0 Å². The van der Waals surface area contributed by atoms with Crippen LogP contribution in [0.15, 0.2) is 49.7 Å². The molecule has 0 fully saturated rings. The number of ether oxygens (including phenoxy) is 4. The number of esters is 1. The van der Waals surface area contributed by atoms with Crippen molar-refractivity contribution in [3.8, 4) is 11.3 Å². The molecule has 2 atom stereocenters. The first kappa shape index (κ1) is 37.1. The highest BCUT2D eigenvalue weighted by atomic mass is 28.3. The number of hydrogen-bond acceptors (Lipinski definition) is 9. The van der Waals surface area contributed by atoms with Gasteiger partial charge in [-0.25, -0.2) is 19.4 Å². The molecule has 1 heterocycles. The van der Waals surface area contributed by atoms with Gasteiger partial charge in [0.15, 0.2) is 0 Å². The lowest BCUT2D eigenvalue weighted by molar-refractivity contribution is -0.141.